The van der Waals surface area contributed by atoms with Crippen molar-refractivity contribution in [1.82, 2.24) is 4.90 Å². The lowest BCUT2D eigenvalue weighted by Crippen LogP contribution is -2.53. The monoisotopic (exact) mass is 277 g/mol. The van der Waals surface area contributed by atoms with Crippen LogP contribution in [-0.4, -0.2) is 42.0 Å². The van der Waals surface area contributed by atoms with Crippen LogP contribution in [0.25, 0.3) is 0 Å². The van der Waals surface area contributed by atoms with Gasteiger partial charge in [0.1, 0.15) is 5.60 Å². The molecular formula is C15H19NO2S. The lowest BCUT2D eigenvalue weighted by atomic mass is 9.93. The van der Waals surface area contributed by atoms with Crippen molar-refractivity contribution >= 4 is 17.7 Å². The van der Waals surface area contributed by atoms with Gasteiger partial charge in [0.2, 0.25) is 5.91 Å². The topological polar surface area (TPSA) is 29.5 Å². The van der Waals surface area contributed by atoms with Gasteiger partial charge in [-0.1, -0.05) is 30.3 Å². The number of hydrogen-bond acceptors (Lipinski definition) is 3. The molecule has 2 heterocycles. The third-order valence-corrected chi connectivity index (χ3v) is 5.23. The summed E-state index contributed by atoms with van der Waals surface area (Å²) in [5, 5.41) is 0. The lowest BCUT2D eigenvalue weighted by Gasteiger charge is -2.42. The number of ether oxygens (including phenoxy) is 1. The van der Waals surface area contributed by atoms with Gasteiger partial charge in [0.25, 0.3) is 0 Å². The van der Waals surface area contributed by atoms with Gasteiger partial charge in [0.15, 0.2) is 0 Å². The summed E-state index contributed by atoms with van der Waals surface area (Å²) in [6.07, 6.45) is 0. The van der Waals surface area contributed by atoms with Crippen molar-refractivity contribution in [2.45, 2.75) is 12.5 Å². The van der Waals surface area contributed by atoms with Crippen LogP contribution >= 0.6 is 11.8 Å². The van der Waals surface area contributed by atoms with E-state index in [0.29, 0.717) is 19.1 Å². The first-order chi connectivity index (χ1) is 9.19. The molecule has 1 unspecified atom stereocenters. The number of morpholine rings is 1. The fourth-order valence-electron chi connectivity index (χ4n) is 2.66. The summed E-state index contributed by atoms with van der Waals surface area (Å²) >= 11 is 1.85. The minimum Gasteiger partial charge on any atom is -0.367 e. The molecule has 2 aliphatic rings. The smallest absolute Gasteiger partial charge is 0.227 e. The number of thioether (sulfide) groups is 1. The molecule has 0 radical (unpaired) electrons. The number of carbonyl (C=O) groups excluding carboxylic acids is 1. The van der Waals surface area contributed by atoms with E-state index in [1.54, 1.807) is 0 Å². The van der Waals surface area contributed by atoms with E-state index in [0.717, 1.165) is 23.6 Å². The van der Waals surface area contributed by atoms with Gasteiger partial charge in [-0.25, -0.2) is 0 Å². The minimum absolute atomic E-state index is 0.239. The largest absolute Gasteiger partial charge is 0.367 e. The van der Waals surface area contributed by atoms with E-state index in [1.165, 1.54) is 0 Å². The Morgan fingerprint density at radius 2 is 2.11 bits per heavy atom. The molecule has 0 N–H and O–H groups in total. The van der Waals surface area contributed by atoms with Crippen LogP contribution in [0.2, 0.25) is 0 Å². The first-order valence-corrected chi connectivity index (χ1v) is 7.90. The van der Waals surface area contributed by atoms with Crippen molar-refractivity contribution in [1.29, 1.82) is 0 Å². The molecule has 0 saturated carbocycles. The summed E-state index contributed by atoms with van der Waals surface area (Å²) in [5.41, 5.74) is 0.780. The van der Waals surface area contributed by atoms with Gasteiger partial charge in [-0.3, -0.25) is 4.79 Å². The summed E-state index contributed by atoms with van der Waals surface area (Å²) in [7, 11) is 0. The number of rotatable bonds is 2. The van der Waals surface area contributed by atoms with E-state index in [-0.39, 0.29) is 11.5 Å². The van der Waals surface area contributed by atoms with E-state index in [1.807, 2.05) is 34.9 Å². The summed E-state index contributed by atoms with van der Waals surface area (Å²) in [6.45, 7) is 4.09. The molecule has 0 aliphatic carbocycles. The summed E-state index contributed by atoms with van der Waals surface area (Å²) in [4.78, 5) is 14.3. The summed E-state index contributed by atoms with van der Waals surface area (Å²) in [6, 6.07) is 10.2. The van der Waals surface area contributed by atoms with E-state index < -0.39 is 0 Å². The van der Waals surface area contributed by atoms with Crippen molar-refractivity contribution in [2.75, 3.05) is 31.2 Å². The van der Waals surface area contributed by atoms with Gasteiger partial charge >= 0.3 is 0 Å². The predicted molar refractivity (Wildman–Crippen MR) is 77.1 cm³/mol. The predicted octanol–water partition coefficient (Wildman–Crippen LogP) is 2.12. The highest BCUT2D eigenvalue weighted by Crippen LogP contribution is 2.32. The van der Waals surface area contributed by atoms with E-state index in [9.17, 15) is 4.79 Å². The molecule has 1 aromatic rings. The van der Waals surface area contributed by atoms with E-state index in [2.05, 4.69) is 19.1 Å². The van der Waals surface area contributed by atoms with Gasteiger partial charge in [0, 0.05) is 18.1 Å². The number of benzene rings is 1. The Morgan fingerprint density at radius 1 is 1.37 bits per heavy atom. The Labute approximate surface area is 118 Å². The molecule has 1 amide bonds. The van der Waals surface area contributed by atoms with Crippen LogP contribution in [0.15, 0.2) is 30.3 Å². The third-order valence-electron chi connectivity index (χ3n) is 3.96. The Hall–Kier alpha value is -1.000. The van der Waals surface area contributed by atoms with Gasteiger partial charge in [-0.2, -0.15) is 11.8 Å². The van der Waals surface area contributed by atoms with E-state index >= 15 is 0 Å². The second kappa shape index (κ2) is 5.17. The highest BCUT2D eigenvalue weighted by atomic mass is 32.2. The number of carbonyl (C=O) groups is 1. The van der Waals surface area contributed by atoms with Crippen molar-refractivity contribution in [3.63, 3.8) is 0 Å². The maximum atomic E-state index is 12.4. The Morgan fingerprint density at radius 3 is 2.74 bits per heavy atom. The zero-order chi connectivity index (χ0) is 13.3. The highest BCUT2D eigenvalue weighted by molar-refractivity contribution is 8.00. The number of nitrogens with zero attached hydrogens (tertiary/aromatic N) is 1. The van der Waals surface area contributed by atoms with Crippen molar-refractivity contribution in [3.05, 3.63) is 35.9 Å². The Kier molecular flexibility index (Phi) is 3.54. The SMILES string of the molecule is CC1(c2ccccc2)CN(C(=O)C2CSC2)CCO1. The standard InChI is InChI=1S/C15H19NO2S/c1-15(13-5-3-2-4-6-13)11-16(7-8-18-15)14(17)12-9-19-10-12/h2-6,12H,7-11H2,1H3. The maximum absolute atomic E-state index is 12.4. The highest BCUT2D eigenvalue weighted by Gasteiger charge is 2.38. The zero-order valence-corrected chi connectivity index (χ0v) is 12.0. The zero-order valence-electron chi connectivity index (χ0n) is 11.2. The molecule has 2 fully saturated rings. The number of amides is 1. The molecule has 0 aromatic heterocycles. The van der Waals surface area contributed by atoms with Crippen LogP contribution in [0.5, 0.6) is 0 Å². The van der Waals surface area contributed by atoms with Gasteiger partial charge in [0.05, 0.1) is 19.1 Å². The quantitative estimate of drug-likeness (QED) is 0.829. The Bertz CT molecular complexity index is 460. The number of hydrogen-bond donors (Lipinski definition) is 0. The van der Waals surface area contributed by atoms with Crippen molar-refractivity contribution in [3.8, 4) is 0 Å². The molecule has 1 atom stereocenters. The first kappa shape index (κ1) is 13.0. The minimum atomic E-state index is -0.369. The van der Waals surface area contributed by atoms with Crippen molar-refractivity contribution in [2.24, 2.45) is 5.92 Å². The Balaban J connectivity index is 1.75. The van der Waals surface area contributed by atoms with E-state index in [4.69, 9.17) is 4.74 Å². The van der Waals surface area contributed by atoms with Crippen LogP contribution in [0, 0.1) is 5.92 Å². The van der Waals surface area contributed by atoms with Gasteiger partial charge in [-0.05, 0) is 12.5 Å². The average Bonchev–Trinajstić information content (AvgIpc) is 2.38. The third kappa shape index (κ3) is 2.51. The molecule has 0 spiro atoms. The molecule has 19 heavy (non-hydrogen) atoms. The van der Waals surface area contributed by atoms with Crippen LogP contribution in [0.4, 0.5) is 0 Å². The molecular weight excluding hydrogens is 258 g/mol. The van der Waals surface area contributed by atoms with Gasteiger partial charge in [-0.15, -0.1) is 0 Å². The molecule has 4 heteroatoms. The van der Waals surface area contributed by atoms with Crippen LogP contribution in [-0.2, 0) is 15.1 Å². The first-order valence-electron chi connectivity index (χ1n) is 6.75. The molecule has 3 nitrogen and oxygen atoms in total. The second-order valence-corrected chi connectivity index (χ2v) is 6.51. The molecule has 3 rings (SSSR count). The van der Waals surface area contributed by atoms with Gasteiger partial charge < -0.3 is 9.64 Å². The normalized spacial score (nSPS) is 27.9. The van der Waals surface area contributed by atoms with Crippen LogP contribution in [0.3, 0.4) is 0 Å². The average molecular weight is 277 g/mol. The molecule has 102 valence electrons. The molecule has 1 aromatic carbocycles. The molecule has 2 aliphatic heterocycles. The fraction of sp³-hybridized carbons (Fsp3) is 0.533. The second-order valence-electron chi connectivity index (χ2n) is 5.44. The van der Waals surface area contributed by atoms with Crippen LogP contribution in [0.1, 0.15) is 12.5 Å². The van der Waals surface area contributed by atoms with Crippen molar-refractivity contribution < 1.29 is 9.53 Å². The molecule has 2 saturated heterocycles. The maximum Gasteiger partial charge on any atom is 0.227 e. The fourth-order valence-corrected chi connectivity index (χ4v) is 3.42. The summed E-state index contributed by atoms with van der Waals surface area (Å²) in [5.74, 6) is 2.52. The molecule has 0 bridgehead atoms. The summed E-state index contributed by atoms with van der Waals surface area (Å²) < 4.78 is 5.96. The lowest BCUT2D eigenvalue weighted by molar-refractivity contribution is -0.152. The van der Waals surface area contributed by atoms with Crippen LogP contribution < -0.4 is 0 Å².